The standard InChI is InChI=1S/C21H25NO3S/c1-15(2)25-21(24)16(3)14-22-20(23)19(17-10-6-4-7-11-17)26-18-12-8-5-9-13-18/h4-13,15-16,19H,14H2,1-3H3,(H,22,23)/t16-,19+/m1/s1. The van der Waals surface area contributed by atoms with Crippen molar-refractivity contribution < 1.29 is 14.3 Å². The van der Waals surface area contributed by atoms with Crippen LogP contribution < -0.4 is 5.32 Å². The average Bonchev–Trinajstić information content (AvgIpc) is 2.65. The molecule has 0 bridgehead atoms. The van der Waals surface area contributed by atoms with Gasteiger partial charge >= 0.3 is 5.97 Å². The summed E-state index contributed by atoms with van der Waals surface area (Å²) in [5, 5.41) is 2.51. The summed E-state index contributed by atoms with van der Waals surface area (Å²) in [7, 11) is 0. The molecular weight excluding hydrogens is 346 g/mol. The first kappa shape index (κ1) is 20.0. The Morgan fingerprint density at radius 1 is 0.962 bits per heavy atom. The van der Waals surface area contributed by atoms with E-state index in [2.05, 4.69) is 5.32 Å². The van der Waals surface area contributed by atoms with Crippen LogP contribution in [0.4, 0.5) is 0 Å². The fourth-order valence-corrected chi connectivity index (χ4v) is 3.38. The van der Waals surface area contributed by atoms with Crippen LogP contribution in [0, 0.1) is 5.92 Å². The van der Waals surface area contributed by atoms with Crippen LogP contribution in [0.25, 0.3) is 0 Å². The molecule has 0 aromatic heterocycles. The van der Waals surface area contributed by atoms with Crippen molar-refractivity contribution in [2.45, 2.75) is 37.0 Å². The lowest BCUT2D eigenvalue weighted by Crippen LogP contribution is -2.35. The Morgan fingerprint density at radius 2 is 1.54 bits per heavy atom. The molecule has 5 heteroatoms. The number of ether oxygens (including phenoxy) is 1. The number of hydrogen-bond acceptors (Lipinski definition) is 4. The number of esters is 1. The Hall–Kier alpha value is -2.27. The molecule has 138 valence electrons. The molecule has 1 amide bonds. The summed E-state index contributed by atoms with van der Waals surface area (Å²) < 4.78 is 5.19. The second-order valence-electron chi connectivity index (χ2n) is 6.35. The lowest BCUT2D eigenvalue weighted by molar-refractivity contribution is -0.151. The third-order valence-electron chi connectivity index (χ3n) is 3.67. The third-order valence-corrected chi connectivity index (χ3v) is 4.94. The van der Waals surface area contributed by atoms with E-state index in [0.29, 0.717) is 0 Å². The van der Waals surface area contributed by atoms with E-state index in [1.165, 1.54) is 11.8 Å². The van der Waals surface area contributed by atoms with Crippen LogP contribution in [0.2, 0.25) is 0 Å². The van der Waals surface area contributed by atoms with Gasteiger partial charge in [0.2, 0.25) is 5.91 Å². The van der Waals surface area contributed by atoms with Gasteiger partial charge in [0.15, 0.2) is 0 Å². The predicted molar refractivity (Wildman–Crippen MR) is 105 cm³/mol. The number of benzene rings is 2. The highest BCUT2D eigenvalue weighted by Gasteiger charge is 2.24. The van der Waals surface area contributed by atoms with E-state index in [1.807, 2.05) is 74.5 Å². The summed E-state index contributed by atoms with van der Waals surface area (Å²) in [4.78, 5) is 25.7. The fourth-order valence-electron chi connectivity index (χ4n) is 2.31. The van der Waals surface area contributed by atoms with Crippen molar-refractivity contribution in [3.05, 3.63) is 66.2 Å². The highest BCUT2D eigenvalue weighted by molar-refractivity contribution is 8.00. The molecule has 0 aliphatic carbocycles. The summed E-state index contributed by atoms with van der Waals surface area (Å²) in [5.41, 5.74) is 0.927. The van der Waals surface area contributed by atoms with E-state index in [-0.39, 0.29) is 35.7 Å². The number of hydrogen-bond donors (Lipinski definition) is 1. The lowest BCUT2D eigenvalue weighted by atomic mass is 10.1. The van der Waals surface area contributed by atoms with Crippen LogP contribution in [0.5, 0.6) is 0 Å². The van der Waals surface area contributed by atoms with Crippen molar-refractivity contribution in [1.82, 2.24) is 5.32 Å². The minimum absolute atomic E-state index is 0.116. The Bertz CT molecular complexity index is 704. The zero-order chi connectivity index (χ0) is 18.9. The minimum atomic E-state index is -0.389. The van der Waals surface area contributed by atoms with Gasteiger partial charge in [0.05, 0.1) is 12.0 Å². The molecule has 4 nitrogen and oxygen atoms in total. The SMILES string of the molecule is CC(C)OC(=O)[C@H](C)CNC(=O)[C@@H](Sc1ccccc1)c1ccccc1. The second-order valence-corrected chi connectivity index (χ2v) is 7.53. The Labute approximate surface area is 159 Å². The van der Waals surface area contributed by atoms with Crippen molar-refractivity contribution in [2.75, 3.05) is 6.54 Å². The van der Waals surface area contributed by atoms with Gasteiger partial charge in [-0.25, -0.2) is 0 Å². The van der Waals surface area contributed by atoms with Gasteiger partial charge < -0.3 is 10.1 Å². The number of amides is 1. The molecule has 0 fully saturated rings. The summed E-state index contributed by atoms with van der Waals surface area (Å²) in [6.45, 7) is 5.63. The molecule has 1 N–H and O–H groups in total. The largest absolute Gasteiger partial charge is 0.463 e. The molecule has 0 saturated heterocycles. The van der Waals surface area contributed by atoms with Crippen LogP contribution in [0.15, 0.2) is 65.6 Å². The van der Waals surface area contributed by atoms with Gasteiger partial charge in [-0.2, -0.15) is 0 Å². The van der Waals surface area contributed by atoms with E-state index in [4.69, 9.17) is 4.74 Å². The topological polar surface area (TPSA) is 55.4 Å². The second kappa shape index (κ2) is 10.0. The fraction of sp³-hybridized carbons (Fsp3) is 0.333. The van der Waals surface area contributed by atoms with Crippen LogP contribution >= 0.6 is 11.8 Å². The molecule has 2 atom stereocenters. The zero-order valence-electron chi connectivity index (χ0n) is 15.3. The van der Waals surface area contributed by atoms with Crippen molar-refractivity contribution in [3.8, 4) is 0 Å². The normalized spacial score (nSPS) is 13.1. The van der Waals surface area contributed by atoms with Crippen molar-refractivity contribution in [2.24, 2.45) is 5.92 Å². The maximum Gasteiger partial charge on any atom is 0.310 e. The highest BCUT2D eigenvalue weighted by atomic mass is 32.2. The monoisotopic (exact) mass is 371 g/mol. The molecule has 0 heterocycles. The first-order chi connectivity index (χ1) is 12.5. The lowest BCUT2D eigenvalue weighted by Gasteiger charge is -2.19. The van der Waals surface area contributed by atoms with E-state index in [9.17, 15) is 9.59 Å². The third kappa shape index (κ3) is 6.23. The van der Waals surface area contributed by atoms with Crippen molar-refractivity contribution >= 4 is 23.6 Å². The Kier molecular flexibility index (Phi) is 7.73. The summed E-state index contributed by atoms with van der Waals surface area (Å²) in [6, 6.07) is 19.5. The Balaban J connectivity index is 2.05. The predicted octanol–water partition coefficient (Wildman–Crippen LogP) is 4.22. The molecule has 2 aromatic carbocycles. The van der Waals surface area contributed by atoms with Gasteiger partial charge in [-0.3, -0.25) is 9.59 Å². The summed E-state index contributed by atoms with van der Waals surface area (Å²) >= 11 is 1.49. The van der Waals surface area contributed by atoms with Gasteiger partial charge in [-0.05, 0) is 31.5 Å². The molecular formula is C21H25NO3S. The average molecular weight is 372 g/mol. The van der Waals surface area contributed by atoms with Crippen LogP contribution in [0.3, 0.4) is 0 Å². The molecule has 0 aliphatic rings. The first-order valence-corrected chi connectivity index (χ1v) is 9.60. The maximum absolute atomic E-state index is 12.8. The van der Waals surface area contributed by atoms with Gasteiger partial charge in [0, 0.05) is 11.4 Å². The summed E-state index contributed by atoms with van der Waals surface area (Å²) in [5.74, 6) is -0.805. The van der Waals surface area contributed by atoms with Crippen molar-refractivity contribution in [1.29, 1.82) is 0 Å². The minimum Gasteiger partial charge on any atom is -0.463 e. The first-order valence-electron chi connectivity index (χ1n) is 8.72. The molecule has 0 spiro atoms. The highest BCUT2D eigenvalue weighted by Crippen LogP contribution is 2.35. The molecule has 0 saturated carbocycles. The zero-order valence-corrected chi connectivity index (χ0v) is 16.2. The number of carbonyl (C=O) groups excluding carboxylic acids is 2. The van der Waals surface area contributed by atoms with Gasteiger partial charge in [-0.15, -0.1) is 11.8 Å². The molecule has 2 rings (SSSR count). The summed E-state index contributed by atoms with van der Waals surface area (Å²) in [6.07, 6.45) is -0.161. The molecule has 0 aliphatic heterocycles. The number of carbonyl (C=O) groups is 2. The maximum atomic E-state index is 12.8. The van der Waals surface area contributed by atoms with Gasteiger partial charge in [0.25, 0.3) is 0 Å². The van der Waals surface area contributed by atoms with E-state index < -0.39 is 0 Å². The van der Waals surface area contributed by atoms with Crippen molar-refractivity contribution in [3.63, 3.8) is 0 Å². The molecule has 26 heavy (non-hydrogen) atoms. The van der Waals surface area contributed by atoms with Crippen LogP contribution in [0.1, 0.15) is 31.6 Å². The number of thioether (sulfide) groups is 1. The van der Waals surface area contributed by atoms with E-state index in [0.717, 1.165) is 10.5 Å². The quantitative estimate of drug-likeness (QED) is 0.557. The number of rotatable bonds is 8. The van der Waals surface area contributed by atoms with E-state index in [1.54, 1.807) is 6.92 Å². The number of nitrogens with one attached hydrogen (secondary N) is 1. The van der Waals surface area contributed by atoms with E-state index >= 15 is 0 Å². The van der Waals surface area contributed by atoms with Crippen LogP contribution in [-0.2, 0) is 14.3 Å². The van der Waals surface area contributed by atoms with Gasteiger partial charge in [-0.1, -0.05) is 55.5 Å². The molecule has 0 radical (unpaired) electrons. The molecule has 0 unspecified atom stereocenters. The smallest absolute Gasteiger partial charge is 0.310 e. The van der Waals surface area contributed by atoms with Crippen LogP contribution in [-0.4, -0.2) is 24.5 Å². The molecule has 2 aromatic rings. The van der Waals surface area contributed by atoms with Gasteiger partial charge in [0.1, 0.15) is 5.25 Å². The Morgan fingerprint density at radius 3 is 2.12 bits per heavy atom.